The first-order chi connectivity index (χ1) is 10.1. The van der Waals surface area contributed by atoms with Crippen LogP contribution in [-0.2, 0) is 9.47 Å². The third-order valence-corrected chi connectivity index (χ3v) is 3.27. The van der Waals surface area contributed by atoms with E-state index in [-0.39, 0.29) is 0 Å². The summed E-state index contributed by atoms with van der Waals surface area (Å²) < 4.78 is 15.2. The Labute approximate surface area is 129 Å². The van der Waals surface area contributed by atoms with Crippen molar-refractivity contribution in [2.45, 2.75) is 12.6 Å². The van der Waals surface area contributed by atoms with Crippen LogP contribution in [0.2, 0.25) is 0 Å². The van der Waals surface area contributed by atoms with Crippen molar-refractivity contribution >= 4 is 27.0 Å². The van der Waals surface area contributed by atoms with Gasteiger partial charge in [0.05, 0.1) is 35.8 Å². The van der Waals surface area contributed by atoms with E-state index >= 15 is 0 Å². The van der Waals surface area contributed by atoms with Gasteiger partial charge in [-0.15, -0.1) is 0 Å². The minimum Gasteiger partial charge on any atom is -0.495 e. The molecule has 0 radical (unpaired) electrons. The standard InChI is InChI=1S/C9H7BrN2O.C4H8O4/c1-13-9-5-8-7(4-6(9)10)11-2-3-12-8;5-3-4(6)8-2-1-7-3/h2-5H,1H3;3-6H,1-2H2. The number of hydrogen-bond acceptors (Lipinski definition) is 7. The lowest BCUT2D eigenvalue weighted by Gasteiger charge is -2.23. The molecule has 1 aliphatic rings. The van der Waals surface area contributed by atoms with Crippen molar-refractivity contribution in [1.29, 1.82) is 0 Å². The second-order valence-corrected chi connectivity index (χ2v) is 4.91. The second kappa shape index (κ2) is 7.62. The zero-order valence-electron chi connectivity index (χ0n) is 11.3. The van der Waals surface area contributed by atoms with Crippen LogP contribution in [0, 0.1) is 0 Å². The van der Waals surface area contributed by atoms with Crippen LogP contribution in [0.3, 0.4) is 0 Å². The smallest absolute Gasteiger partial charge is 0.206 e. The lowest BCUT2D eigenvalue weighted by Crippen LogP contribution is -2.37. The Bertz CT molecular complexity index is 588. The molecule has 2 unspecified atom stereocenters. The van der Waals surface area contributed by atoms with Gasteiger partial charge in [-0.3, -0.25) is 9.97 Å². The monoisotopic (exact) mass is 358 g/mol. The minimum atomic E-state index is -1.16. The van der Waals surface area contributed by atoms with Gasteiger partial charge in [0.25, 0.3) is 0 Å². The first-order valence-electron chi connectivity index (χ1n) is 6.15. The summed E-state index contributed by atoms with van der Waals surface area (Å²) in [7, 11) is 1.63. The summed E-state index contributed by atoms with van der Waals surface area (Å²) in [5.41, 5.74) is 1.69. The summed E-state index contributed by atoms with van der Waals surface area (Å²) in [4.78, 5) is 8.34. The molecule has 2 N–H and O–H groups in total. The maximum Gasteiger partial charge on any atom is 0.206 e. The van der Waals surface area contributed by atoms with Crippen molar-refractivity contribution < 1.29 is 24.4 Å². The van der Waals surface area contributed by atoms with Gasteiger partial charge in [0.2, 0.25) is 12.6 Å². The number of fused-ring (bicyclic) bond motifs is 1. The Morgan fingerprint density at radius 2 is 1.62 bits per heavy atom. The van der Waals surface area contributed by atoms with Crippen molar-refractivity contribution in [3.05, 3.63) is 29.0 Å². The maximum absolute atomic E-state index is 8.58. The first kappa shape index (κ1) is 16.1. The summed E-state index contributed by atoms with van der Waals surface area (Å²) in [5, 5.41) is 17.2. The van der Waals surface area contributed by atoms with Gasteiger partial charge in [0.1, 0.15) is 5.75 Å². The van der Waals surface area contributed by atoms with Gasteiger partial charge < -0.3 is 24.4 Å². The molecule has 2 heterocycles. The number of aromatic nitrogens is 2. The Kier molecular flexibility index (Phi) is 5.83. The predicted octanol–water partition coefficient (Wildman–Crippen LogP) is 1.07. The molecular formula is C13H15BrN2O5. The van der Waals surface area contributed by atoms with Crippen molar-refractivity contribution in [1.82, 2.24) is 9.97 Å². The summed E-state index contributed by atoms with van der Waals surface area (Å²) in [6.07, 6.45) is 1.00. The van der Waals surface area contributed by atoms with Crippen LogP contribution in [0.4, 0.5) is 0 Å². The number of benzene rings is 1. The van der Waals surface area contributed by atoms with Crippen LogP contribution >= 0.6 is 15.9 Å². The predicted molar refractivity (Wildman–Crippen MR) is 77.7 cm³/mol. The molecule has 1 aromatic heterocycles. The fraction of sp³-hybridized carbons (Fsp3) is 0.385. The first-order valence-corrected chi connectivity index (χ1v) is 6.94. The highest BCUT2D eigenvalue weighted by molar-refractivity contribution is 9.10. The molecule has 0 amide bonds. The molecule has 7 nitrogen and oxygen atoms in total. The number of aliphatic hydroxyl groups excluding tert-OH is 2. The second-order valence-electron chi connectivity index (χ2n) is 4.05. The molecule has 2 aromatic rings. The van der Waals surface area contributed by atoms with Gasteiger partial charge in [-0.2, -0.15) is 0 Å². The number of nitrogens with zero attached hydrogens (tertiary/aromatic N) is 2. The molecule has 0 saturated carbocycles. The molecule has 21 heavy (non-hydrogen) atoms. The zero-order valence-corrected chi connectivity index (χ0v) is 12.9. The number of halogens is 1. The molecule has 1 aromatic carbocycles. The summed E-state index contributed by atoms with van der Waals surface area (Å²) >= 11 is 3.38. The zero-order chi connectivity index (χ0) is 15.2. The van der Waals surface area contributed by atoms with E-state index in [0.717, 1.165) is 21.3 Å². The highest BCUT2D eigenvalue weighted by Gasteiger charge is 2.20. The quantitative estimate of drug-likeness (QED) is 0.787. The lowest BCUT2D eigenvalue weighted by atomic mass is 10.3. The molecule has 1 fully saturated rings. The van der Waals surface area contributed by atoms with Gasteiger partial charge >= 0.3 is 0 Å². The van der Waals surface area contributed by atoms with E-state index in [2.05, 4.69) is 35.4 Å². The maximum atomic E-state index is 8.58. The third-order valence-electron chi connectivity index (χ3n) is 2.65. The highest BCUT2D eigenvalue weighted by atomic mass is 79.9. The van der Waals surface area contributed by atoms with Gasteiger partial charge in [-0.05, 0) is 22.0 Å². The van der Waals surface area contributed by atoms with Crippen molar-refractivity contribution in [2.24, 2.45) is 0 Å². The van der Waals surface area contributed by atoms with Crippen molar-refractivity contribution in [3.63, 3.8) is 0 Å². The van der Waals surface area contributed by atoms with Crippen LogP contribution in [0.15, 0.2) is 29.0 Å². The number of aliphatic hydroxyl groups is 2. The fourth-order valence-corrected chi connectivity index (χ4v) is 2.12. The summed E-state index contributed by atoms with van der Waals surface area (Å²) in [6, 6.07) is 3.74. The molecule has 114 valence electrons. The lowest BCUT2D eigenvalue weighted by molar-refractivity contribution is -0.291. The van der Waals surface area contributed by atoms with E-state index < -0.39 is 12.6 Å². The van der Waals surface area contributed by atoms with Crippen LogP contribution in [0.1, 0.15) is 0 Å². The average molecular weight is 359 g/mol. The Balaban J connectivity index is 0.000000173. The van der Waals surface area contributed by atoms with Crippen molar-refractivity contribution in [2.75, 3.05) is 20.3 Å². The highest BCUT2D eigenvalue weighted by Crippen LogP contribution is 2.27. The van der Waals surface area contributed by atoms with E-state index in [1.54, 1.807) is 19.5 Å². The van der Waals surface area contributed by atoms with Crippen LogP contribution in [-0.4, -0.2) is 53.1 Å². The molecule has 1 aliphatic heterocycles. The fourth-order valence-electron chi connectivity index (χ4n) is 1.63. The Hall–Kier alpha value is -1.32. The van der Waals surface area contributed by atoms with Crippen LogP contribution in [0.5, 0.6) is 5.75 Å². The molecule has 2 atom stereocenters. The summed E-state index contributed by atoms with van der Waals surface area (Å²) in [6.45, 7) is 0.691. The number of ether oxygens (including phenoxy) is 3. The number of methoxy groups -OCH3 is 1. The number of hydrogen-bond donors (Lipinski definition) is 2. The van der Waals surface area contributed by atoms with E-state index in [4.69, 9.17) is 14.9 Å². The van der Waals surface area contributed by atoms with E-state index in [1.165, 1.54) is 0 Å². The van der Waals surface area contributed by atoms with Gasteiger partial charge in [0.15, 0.2) is 0 Å². The normalized spacial score (nSPS) is 21.5. The molecule has 1 saturated heterocycles. The molecule has 0 aliphatic carbocycles. The van der Waals surface area contributed by atoms with Gasteiger partial charge in [-0.1, -0.05) is 0 Å². The minimum absolute atomic E-state index is 0.345. The van der Waals surface area contributed by atoms with Gasteiger partial charge in [0, 0.05) is 18.5 Å². The molecule has 0 spiro atoms. The van der Waals surface area contributed by atoms with E-state index in [1.807, 2.05) is 12.1 Å². The molecule has 0 bridgehead atoms. The van der Waals surface area contributed by atoms with Gasteiger partial charge in [-0.25, -0.2) is 0 Å². The topological polar surface area (TPSA) is 93.9 Å². The SMILES string of the molecule is COc1cc2nccnc2cc1Br.OC1OCCOC1O. The molecule has 8 heteroatoms. The van der Waals surface area contributed by atoms with Crippen molar-refractivity contribution in [3.8, 4) is 5.75 Å². The van der Waals surface area contributed by atoms with Crippen LogP contribution < -0.4 is 4.74 Å². The van der Waals surface area contributed by atoms with Crippen LogP contribution in [0.25, 0.3) is 11.0 Å². The van der Waals surface area contributed by atoms with E-state index in [9.17, 15) is 0 Å². The Morgan fingerprint density at radius 1 is 1.10 bits per heavy atom. The summed E-state index contributed by atoms with van der Waals surface area (Å²) in [5.74, 6) is 0.771. The third kappa shape index (κ3) is 4.32. The van der Waals surface area contributed by atoms with E-state index in [0.29, 0.717) is 13.2 Å². The number of rotatable bonds is 1. The molecular weight excluding hydrogens is 344 g/mol. The average Bonchev–Trinajstić information content (AvgIpc) is 2.50. The molecule has 3 rings (SSSR count). The largest absolute Gasteiger partial charge is 0.495 e. The Morgan fingerprint density at radius 3 is 2.10 bits per heavy atom.